The van der Waals surface area contributed by atoms with Crippen molar-refractivity contribution in [3.05, 3.63) is 58.6 Å². The van der Waals surface area contributed by atoms with Crippen LogP contribution in [-0.4, -0.2) is 25.0 Å². The first-order valence-corrected chi connectivity index (χ1v) is 7.94. The van der Waals surface area contributed by atoms with Gasteiger partial charge < -0.3 is 15.4 Å². The molecule has 2 N–H and O–H groups in total. The van der Waals surface area contributed by atoms with Gasteiger partial charge in [-0.2, -0.15) is 0 Å². The zero-order valence-corrected chi connectivity index (χ0v) is 14.2. The van der Waals surface area contributed by atoms with Crippen molar-refractivity contribution in [3.63, 3.8) is 0 Å². The van der Waals surface area contributed by atoms with Gasteiger partial charge in [0, 0.05) is 15.7 Å². The Morgan fingerprint density at radius 1 is 1.04 bits per heavy atom. The molecule has 0 aliphatic rings. The van der Waals surface area contributed by atoms with Crippen molar-refractivity contribution < 1.29 is 14.3 Å². The van der Waals surface area contributed by atoms with Gasteiger partial charge in [-0.3, -0.25) is 9.59 Å². The van der Waals surface area contributed by atoms with E-state index in [1.54, 1.807) is 36.4 Å². The second-order valence-electron chi connectivity index (χ2n) is 4.70. The third kappa shape index (κ3) is 5.41. The number of rotatable bonds is 6. The highest BCUT2D eigenvalue weighted by Gasteiger charge is 2.08. The van der Waals surface area contributed by atoms with Gasteiger partial charge in [0.15, 0.2) is 0 Å². The molecule has 120 valence electrons. The number of ether oxygens (including phenoxy) is 1. The van der Waals surface area contributed by atoms with Crippen LogP contribution in [0.15, 0.2) is 53.0 Å². The number of carbonyl (C=O) groups is 2. The van der Waals surface area contributed by atoms with Crippen molar-refractivity contribution in [2.75, 3.05) is 18.5 Å². The molecule has 0 aliphatic heterocycles. The number of hydrogen-bond acceptors (Lipinski definition) is 3. The van der Waals surface area contributed by atoms with E-state index in [1.807, 2.05) is 19.1 Å². The molecule has 0 radical (unpaired) electrons. The maximum atomic E-state index is 12.0. The molecule has 0 heterocycles. The Labute approximate surface area is 143 Å². The molecule has 2 aromatic carbocycles. The minimum atomic E-state index is -0.306. The van der Waals surface area contributed by atoms with E-state index < -0.39 is 0 Å². The van der Waals surface area contributed by atoms with Crippen LogP contribution >= 0.6 is 15.9 Å². The Hall–Kier alpha value is -2.34. The summed E-state index contributed by atoms with van der Waals surface area (Å²) in [5.41, 5.74) is 1.15. The van der Waals surface area contributed by atoms with E-state index in [4.69, 9.17) is 4.74 Å². The Balaban J connectivity index is 1.83. The molecule has 0 fully saturated rings. The van der Waals surface area contributed by atoms with Crippen LogP contribution in [0.3, 0.4) is 0 Å². The van der Waals surface area contributed by atoms with Gasteiger partial charge >= 0.3 is 0 Å². The molecule has 5 nitrogen and oxygen atoms in total. The molecule has 0 saturated carbocycles. The molecule has 2 amide bonds. The summed E-state index contributed by atoms with van der Waals surface area (Å²) in [5.74, 6) is 0.114. The number of carbonyl (C=O) groups excluding carboxylic acids is 2. The summed E-state index contributed by atoms with van der Waals surface area (Å²) >= 11 is 3.32. The molecule has 0 atom stereocenters. The van der Waals surface area contributed by atoms with E-state index >= 15 is 0 Å². The van der Waals surface area contributed by atoms with Gasteiger partial charge in [-0.15, -0.1) is 0 Å². The Morgan fingerprint density at radius 3 is 2.30 bits per heavy atom. The Morgan fingerprint density at radius 2 is 1.70 bits per heavy atom. The smallest absolute Gasteiger partial charge is 0.251 e. The number of halogens is 1. The lowest BCUT2D eigenvalue weighted by Gasteiger charge is -2.08. The number of nitrogens with one attached hydrogen (secondary N) is 2. The lowest BCUT2D eigenvalue weighted by molar-refractivity contribution is -0.115. The summed E-state index contributed by atoms with van der Waals surface area (Å²) in [7, 11) is 0. The van der Waals surface area contributed by atoms with Crippen LogP contribution in [0.2, 0.25) is 0 Å². The number of hydrogen-bond donors (Lipinski definition) is 2. The first kappa shape index (κ1) is 17.0. The normalized spacial score (nSPS) is 10.0. The molecule has 2 aromatic rings. The predicted octanol–water partition coefficient (Wildman–Crippen LogP) is 3.22. The summed E-state index contributed by atoms with van der Waals surface area (Å²) in [5, 5.41) is 5.29. The van der Waals surface area contributed by atoms with Crippen molar-refractivity contribution in [2.24, 2.45) is 0 Å². The number of benzene rings is 2. The minimum absolute atomic E-state index is 0.0951. The topological polar surface area (TPSA) is 67.4 Å². The summed E-state index contributed by atoms with van der Waals surface area (Å²) in [6.07, 6.45) is 0. The van der Waals surface area contributed by atoms with Crippen LogP contribution in [0, 0.1) is 0 Å². The zero-order chi connectivity index (χ0) is 16.7. The van der Waals surface area contributed by atoms with E-state index in [9.17, 15) is 9.59 Å². The largest absolute Gasteiger partial charge is 0.494 e. The average molecular weight is 377 g/mol. The summed E-state index contributed by atoms with van der Waals surface area (Å²) < 4.78 is 6.24. The summed E-state index contributed by atoms with van der Waals surface area (Å²) in [6.45, 7) is 2.37. The van der Waals surface area contributed by atoms with Crippen LogP contribution in [0.4, 0.5) is 5.69 Å². The lowest BCUT2D eigenvalue weighted by Crippen LogP contribution is -2.32. The Bertz CT molecular complexity index is 669. The van der Waals surface area contributed by atoms with E-state index in [1.165, 1.54) is 0 Å². The van der Waals surface area contributed by atoms with Crippen molar-refractivity contribution in [1.82, 2.24) is 5.32 Å². The van der Waals surface area contributed by atoms with Gasteiger partial charge in [0.2, 0.25) is 5.91 Å². The van der Waals surface area contributed by atoms with Gasteiger partial charge in [-0.05, 0) is 55.5 Å². The number of amides is 2. The van der Waals surface area contributed by atoms with Gasteiger partial charge in [0.25, 0.3) is 5.91 Å². The van der Waals surface area contributed by atoms with E-state index in [2.05, 4.69) is 26.6 Å². The van der Waals surface area contributed by atoms with Crippen LogP contribution < -0.4 is 15.4 Å². The monoisotopic (exact) mass is 376 g/mol. The quantitative estimate of drug-likeness (QED) is 0.813. The molecule has 0 spiro atoms. The van der Waals surface area contributed by atoms with E-state index in [0.29, 0.717) is 23.6 Å². The van der Waals surface area contributed by atoms with Crippen LogP contribution in [0.5, 0.6) is 5.75 Å². The van der Waals surface area contributed by atoms with Crippen molar-refractivity contribution in [3.8, 4) is 5.75 Å². The standard InChI is InChI=1S/C17H17BrN2O3/c1-2-23-15-9-3-12(4-10-15)17(22)19-11-16(21)20-14-7-5-13(18)6-8-14/h3-10H,2,11H2,1H3,(H,19,22)(H,20,21). The predicted molar refractivity (Wildman–Crippen MR) is 92.7 cm³/mol. The van der Waals surface area contributed by atoms with Gasteiger partial charge in [-0.1, -0.05) is 15.9 Å². The highest BCUT2D eigenvalue weighted by molar-refractivity contribution is 9.10. The highest BCUT2D eigenvalue weighted by Crippen LogP contribution is 2.14. The van der Waals surface area contributed by atoms with Crippen LogP contribution in [-0.2, 0) is 4.79 Å². The van der Waals surface area contributed by atoms with Gasteiger partial charge in [0.05, 0.1) is 13.2 Å². The maximum Gasteiger partial charge on any atom is 0.251 e. The molecule has 6 heteroatoms. The molecule has 2 rings (SSSR count). The van der Waals surface area contributed by atoms with Crippen molar-refractivity contribution in [2.45, 2.75) is 6.92 Å². The van der Waals surface area contributed by atoms with Gasteiger partial charge in [0.1, 0.15) is 5.75 Å². The fraction of sp³-hybridized carbons (Fsp3) is 0.176. The molecular weight excluding hydrogens is 360 g/mol. The summed E-state index contributed by atoms with van der Waals surface area (Å²) in [4.78, 5) is 23.8. The molecular formula is C17H17BrN2O3. The van der Waals surface area contributed by atoms with Crippen molar-refractivity contribution in [1.29, 1.82) is 0 Å². The maximum absolute atomic E-state index is 12.0. The molecule has 0 aliphatic carbocycles. The van der Waals surface area contributed by atoms with Crippen LogP contribution in [0.25, 0.3) is 0 Å². The first-order chi connectivity index (χ1) is 11.1. The molecule has 0 aromatic heterocycles. The molecule has 0 unspecified atom stereocenters. The average Bonchev–Trinajstić information content (AvgIpc) is 2.56. The van der Waals surface area contributed by atoms with Gasteiger partial charge in [-0.25, -0.2) is 0 Å². The van der Waals surface area contributed by atoms with E-state index in [-0.39, 0.29) is 18.4 Å². The van der Waals surface area contributed by atoms with E-state index in [0.717, 1.165) is 4.47 Å². The lowest BCUT2D eigenvalue weighted by atomic mass is 10.2. The highest BCUT2D eigenvalue weighted by atomic mass is 79.9. The van der Waals surface area contributed by atoms with Crippen molar-refractivity contribution >= 4 is 33.4 Å². The summed E-state index contributed by atoms with van der Waals surface area (Å²) in [6, 6.07) is 14.0. The molecule has 23 heavy (non-hydrogen) atoms. The first-order valence-electron chi connectivity index (χ1n) is 7.15. The zero-order valence-electron chi connectivity index (χ0n) is 12.6. The molecule has 0 saturated heterocycles. The Kier molecular flexibility index (Phi) is 6.17. The second-order valence-corrected chi connectivity index (χ2v) is 5.61. The fourth-order valence-corrected chi connectivity index (χ4v) is 2.13. The fourth-order valence-electron chi connectivity index (χ4n) is 1.87. The number of anilines is 1. The SMILES string of the molecule is CCOc1ccc(C(=O)NCC(=O)Nc2ccc(Br)cc2)cc1. The van der Waals surface area contributed by atoms with Crippen LogP contribution in [0.1, 0.15) is 17.3 Å². The third-order valence-corrected chi connectivity index (χ3v) is 3.49. The molecule has 0 bridgehead atoms. The minimum Gasteiger partial charge on any atom is -0.494 e. The second kappa shape index (κ2) is 8.33. The third-order valence-electron chi connectivity index (χ3n) is 2.96.